The fourth-order valence-electron chi connectivity index (χ4n) is 1.82. The molecule has 0 unspecified atom stereocenters. The topological polar surface area (TPSA) is 92.5 Å². The molecule has 0 bridgehead atoms. The molecule has 0 aromatic heterocycles. The van der Waals surface area contributed by atoms with Gasteiger partial charge in [0.2, 0.25) is 15.9 Å². The van der Waals surface area contributed by atoms with Crippen LogP contribution in [0.3, 0.4) is 0 Å². The average Bonchev–Trinajstić information content (AvgIpc) is 2.33. The Bertz CT molecular complexity index is 562. The van der Waals surface area contributed by atoms with E-state index >= 15 is 0 Å². The van der Waals surface area contributed by atoms with Gasteiger partial charge in [0.15, 0.2) is 0 Å². The number of hydrogen-bond donors (Lipinski definition) is 2. The first-order valence-corrected chi connectivity index (χ1v) is 7.42. The number of nitrogens with one attached hydrogen (secondary N) is 1. The molecule has 2 rings (SSSR count). The second-order valence-corrected chi connectivity index (χ2v) is 6.57. The molecule has 3 N–H and O–H groups in total. The molecule has 1 heterocycles. The van der Waals surface area contributed by atoms with Gasteiger partial charge in [-0.15, -0.1) is 0 Å². The zero-order valence-electron chi connectivity index (χ0n) is 10.7. The fourth-order valence-corrected chi connectivity index (χ4v) is 3.37. The van der Waals surface area contributed by atoms with Gasteiger partial charge in [-0.3, -0.25) is 4.79 Å². The first-order valence-electron chi connectivity index (χ1n) is 5.98. The third-order valence-electron chi connectivity index (χ3n) is 2.98. The number of nitrogens with zero attached hydrogens (tertiary/aromatic N) is 1. The zero-order chi connectivity index (χ0) is 14.0. The Labute approximate surface area is 112 Å². The van der Waals surface area contributed by atoms with Crippen molar-refractivity contribution in [3.8, 4) is 0 Å². The number of nitrogens with two attached hydrogens (primary N) is 1. The lowest BCUT2D eigenvalue weighted by Crippen LogP contribution is -2.57. The maximum Gasteiger partial charge on any atom is 0.243 e. The molecule has 19 heavy (non-hydrogen) atoms. The molecule has 104 valence electrons. The smallest absolute Gasteiger partial charge is 0.243 e. The van der Waals surface area contributed by atoms with Gasteiger partial charge in [0.05, 0.1) is 4.90 Å². The Morgan fingerprint density at radius 3 is 2.42 bits per heavy atom. The molecule has 0 radical (unpaired) electrons. The summed E-state index contributed by atoms with van der Waals surface area (Å²) in [5.41, 5.74) is 6.45. The van der Waals surface area contributed by atoms with E-state index < -0.39 is 10.0 Å². The maximum absolute atomic E-state index is 12.1. The largest absolute Gasteiger partial charge is 0.352 e. The van der Waals surface area contributed by atoms with Crippen LogP contribution in [0.1, 0.15) is 12.5 Å². The van der Waals surface area contributed by atoms with Crippen molar-refractivity contribution < 1.29 is 13.2 Å². The van der Waals surface area contributed by atoms with E-state index in [1.807, 2.05) is 0 Å². The minimum atomic E-state index is -3.42. The third-order valence-corrected chi connectivity index (χ3v) is 4.82. The monoisotopic (exact) mass is 283 g/mol. The van der Waals surface area contributed by atoms with Crippen molar-refractivity contribution in [2.24, 2.45) is 5.73 Å². The van der Waals surface area contributed by atoms with Crippen LogP contribution >= 0.6 is 0 Å². The molecule has 0 atom stereocenters. The highest BCUT2D eigenvalue weighted by Crippen LogP contribution is 2.20. The molecule has 1 aromatic rings. The number of benzene rings is 1. The van der Waals surface area contributed by atoms with Gasteiger partial charge in [-0.05, 0) is 17.7 Å². The number of hydrogen-bond acceptors (Lipinski definition) is 4. The molecule has 7 heteroatoms. The highest BCUT2D eigenvalue weighted by Gasteiger charge is 2.34. The Balaban J connectivity index is 2.07. The second kappa shape index (κ2) is 5.28. The van der Waals surface area contributed by atoms with Crippen molar-refractivity contribution >= 4 is 15.9 Å². The van der Waals surface area contributed by atoms with E-state index in [0.29, 0.717) is 19.6 Å². The standard InChI is InChI=1S/C12H17N3O3S/c1-9(16)14-6-10-2-4-12(5-3-10)19(17,18)15-7-11(13)8-15/h2-5,11H,6-8,13H2,1H3,(H,14,16). The number of sulfonamides is 1. The Morgan fingerprint density at radius 1 is 1.37 bits per heavy atom. The molecule has 1 amide bonds. The SMILES string of the molecule is CC(=O)NCc1ccc(S(=O)(=O)N2CC(N)C2)cc1. The highest BCUT2D eigenvalue weighted by atomic mass is 32.2. The van der Waals surface area contributed by atoms with E-state index in [1.165, 1.54) is 11.2 Å². The molecule has 1 aliphatic rings. The van der Waals surface area contributed by atoms with Crippen LogP contribution < -0.4 is 11.1 Å². The summed E-state index contributed by atoms with van der Waals surface area (Å²) >= 11 is 0. The molecule has 1 saturated heterocycles. The van der Waals surface area contributed by atoms with Crippen molar-refractivity contribution in [2.75, 3.05) is 13.1 Å². The van der Waals surface area contributed by atoms with Crippen LogP contribution in [-0.2, 0) is 21.4 Å². The fraction of sp³-hybridized carbons (Fsp3) is 0.417. The van der Waals surface area contributed by atoms with Gasteiger partial charge in [-0.25, -0.2) is 8.42 Å². The van der Waals surface area contributed by atoms with Gasteiger partial charge in [0.1, 0.15) is 0 Å². The third kappa shape index (κ3) is 3.12. The van der Waals surface area contributed by atoms with Crippen LogP contribution in [0.2, 0.25) is 0 Å². The predicted molar refractivity (Wildman–Crippen MR) is 70.7 cm³/mol. The zero-order valence-corrected chi connectivity index (χ0v) is 11.5. The lowest BCUT2D eigenvalue weighted by atomic mass is 10.2. The maximum atomic E-state index is 12.1. The van der Waals surface area contributed by atoms with Crippen LogP contribution in [0.4, 0.5) is 0 Å². The van der Waals surface area contributed by atoms with Gasteiger partial charge in [0, 0.05) is 32.6 Å². The number of amides is 1. The van der Waals surface area contributed by atoms with Gasteiger partial charge in [-0.1, -0.05) is 12.1 Å². The van der Waals surface area contributed by atoms with Crippen LogP contribution in [0.15, 0.2) is 29.2 Å². The molecule has 0 saturated carbocycles. The molecule has 1 aliphatic heterocycles. The Kier molecular flexibility index (Phi) is 3.88. The van der Waals surface area contributed by atoms with E-state index in [4.69, 9.17) is 5.73 Å². The van der Waals surface area contributed by atoms with Crippen LogP contribution in [-0.4, -0.2) is 37.8 Å². The lowest BCUT2D eigenvalue weighted by Gasteiger charge is -2.35. The minimum Gasteiger partial charge on any atom is -0.352 e. The van der Waals surface area contributed by atoms with Crippen LogP contribution in [0.5, 0.6) is 0 Å². The summed E-state index contributed by atoms with van der Waals surface area (Å²) in [5, 5.41) is 2.66. The predicted octanol–water partition coefficient (Wildman–Crippen LogP) is -0.346. The van der Waals surface area contributed by atoms with Crippen molar-refractivity contribution in [1.29, 1.82) is 0 Å². The summed E-state index contributed by atoms with van der Waals surface area (Å²) in [6, 6.07) is 6.44. The number of rotatable bonds is 4. The minimum absolute atomic E-state index is 0.0613. The summed E-state index contributed by atoms with van der Waals surface area (Å²) in [6.45, 7) is 2.57. The van der Waals surface area contributed by atoms with Crippen LogP contribution in [0, 0.1) is 0 Å². The molecule has 0 spiro atoms. The van der Waals surface area contributed by atoms with E-state index in [0.717, 1.165) is 5.56 Å². The van der Waals surface area contributed by atoms with Gasteiger partial charge >= 0.3 is 0 Å². The summed E-state index contributed by atoms with van der Waals surface area (Å²) in [5.74, 6) is -0.119. The van der Waals surface area contributed by atoms with Gasteiger partial charge < -0.3 is 11.1 Å². The van der Waals surface area contributed by atoms with Crippen molar-refractivity contribution in [3.05, 3.63) is 29.8 Å². The summed E-state index contributed by atoms with van der Waals surface area (Å²) in [4.78, 5) is 11.0. The average molecular weight is 283 g/mol. The van der Waals surface area contributed by atoms with Gasteiger partial charge in [-0.2, -0.15) is 4.31 Å². The molecule has 1 aromatic carbocycles. The number of carbonyl (C=O) groups excluding carboxylic acids is 1. The summed E-state index contributed by atoms with van der Waals surface area (Å²) in [7, 11) is -3.42. The molecular weight excluding hydrogens is 266 g/mol. The lowest BCUT2D eigenvalue weighted by molar-refractivity contribution is -0.119. The molecular formula is C12H17N3O3S. The summed E-state index contributed by atoms with van der Waals surface area (Å²) < 4.78 is 25.6. The Morgan fingerprint density at radius 2 is 1.95 bits per heavy atom. The molecule has 6 nitrogen and oxygen atoms in total. The van der Waals surface area contributed by atoms with Gasteiger partial charge in [0.25, 0.3) is 0 Å². The first kappa shape index (κ1) is 14.0. The quantitative estimate of drug-likeness (QED) is 0.790. The molecule has 1 fully saturated rings. The normalized spacial score (nSPS) is 16.9. The van der Waals surface area contributed by atoms with E-state index in [2.05, 4.69) is 5.32 Å². The second-order valence-electron chi connectivity index (χ2n) is 4.64. The van der Waals surface area contributed by atoms with E-state index in [1.54, 1.807) is 24.3 Å². The van der Waals surface area contributed by atoms with E-state index in [-0.39, 0.29) is 16.8 Å². The van der Waals surface area contributed by atoms with E-state index in [9.17, 15) is 13.2 Å². The summed E-state index contributed by atoms with van der Waals surface area (Å²) in [6.07, 6.45) is 0. The van der Waals surface area contributed by atoms with Crippen molar-refractivity contribution in [3.63, 3.8) is 0 Å². The van der Waals surface area contributed by atoms with Crippen molar-refractivity contribution in [1.82, 2.24) is 9.62 Å². The highest BCUT2D eigenvalue weighted by molar-refractivity contribution is 7.89. The first-order chi connectivity index (χ1) is 8.89. The van der Waals surface area contributed by atoms with Crippen LogP contribution in [0.25, 0.3) is 0 Å². The molecule has 0 aliphatic carbocycles. The van der Waals surface area contributed by atoms with Crippen molar-refractivity contribution in [2.45, 2.75) is 24.4 Å². The Hall–Kier alpha value is -1.44. The number of carbonyl (C=O) groups is 1.